The minimum absolute atomic E-state index is 0.266. The smallest absolute Gasteiger partial charge is 0.261 e. The first-order chi connectivity index (χ1) is 10.9. The van der Waals surface area contributed by atoms with E-state index < -0.39 is 10.0 Å². The molecule has 3 nitrogen and oxygen atoms in total. The van der Waals surface area contributed by atoms with Crippen LogP contribution in [0.4, 0.5) is 5.69 Å². The number of hydrogen-bond donors (Lipinski definition) is 1. The molecule has 0 spiro atoms. The van der Waals surface area contributed by atoms with Gasteiger partial charge in [-0.25, -0.2) is 8.42 Å². The highest BCUT2D eigenvalue weighted by Gasteiger charge is 2.14. The second kappa shape index (κ2) is 6.18. The number of rotatable bonds is 4. The molecule has 1 N–H and O–H groups in total. The second-order valence-electron chi connectivity index (χ2n) is 5.48. The molecule has 118 valence electrons. The number of benzene rings is 2. The molecule has 0 saturated heterocycles. The summed E-state index contributed by atoms with van der Waals surface area (Å²) in [6.07, 6.45) is 0. The van der Waals surface area contributed by atoms with Crippen molar-refractivity contribution in [1.29, 1.82) is 0 Å². The lowest BCUT2D eigenvalue weighted by atomic mass is 10.1. The maximum absolute atomic E-state index is 12.5. The van der Waals surface area contributed by atoms with Gasteiger partial charge < -0.3 is 0 Å². The van der Waals surface area contributed by atoms with Gasteiger partial charge in [0.05, 0.1) is 4.90 Å². The minimum Gasteiger partial charge on any atom is -0.280 e. The fraction of sp³-hybridized carbons (Fsp3) is 0.111. The predicted octanol–water partition coefficient (Wildman–Crippen LogP) is 4.83. The molecule has 0 aliphatic rings. The van der Waals surface area contributed by atoms with Crippen LogP contribution in [0.2, 0.25) is 0 Å². The van der Waals surface area contributed by atoms with Gasteiger partial charge in [-0.2, -0.15) is 0 Å². The highest BCUT2D eigenvalue weighted by atomic mass is 32.2. The Balaban J connectivity index is 1.95. The quantitative estimate of drug-likeness (QED) is 0.737. The first-order valence-corrected chi connectivity index (χ1v) is 9.55. The molecule has 1 aromatic heterocycles. The van der Waals surface area contributed by atoms with E-state index in [0.717, 1.165) is 21.6 Å². The number of sulfonamides is 1. The Labute approximate surface area is 140 Å². The normalized spacial score (nSPS) is 11.4. The van der Waals surface area contributed by atoms with Gasteiger partial charge in [-0.3, -0.25) is 4.72 Å². The van der Waals surface area contributed by atoms with Crippen LogP contribution in [-0.2, 0) is 10.0 Å². The van der Waals surface area contributed by atoms with Gasteiger partial charge in [0, 0.05) is 10.6 Å². The summed E-state index contributed by atoms with van der Waals surface area (Å²) in [5, 5.41) is 2.01. The van der Waals surface area contributed by atoms with Gasteiger partial charge in [0.15, 0.2) is 0 Å². The number of aryl methyl sites for hydroxylation is 2. The molecule has 5 heteroatoms. The van der Waals surface area contributed by atoms with Gasteiger partial charge in [-0.1, -0.05) is 29.8 Å². The SMILES string of the molecule is Cc1ccc(S(=O)(=O)Nc2cc(C)cc(-c3cccs3)c2)cc1. The summed E-state index contributed by atoms with van der Waals surface area (Å²) < 4.78 is 27.7. The van der Waals surface area contributed by atoms with Crippen molar-refractivity contribution >= 4 is 27.0 Å². The third-order valence-electron chi connectivity index (χ3n) is 3.47. The van der Waals surface area contributed by atoms with E-state index >= 15 is 0 Å². The van der Waals surface area contributed by atoms with Crippen molar-refractivity contribution in [3.05, 3.63) is 71.1 Å². The average Bonchev–Trinajstić information content (AvgIpc) is 3.00. The van der Waals surface area contributed by atoms with Gasteiger partial charge >= 0.3 is 0 Å². The molecule has 0 atom stereocenters. The van der Waals surface area contributed by atoms with Crippen LogP contribution in [0.5, 0.6) is 0 Å². The molecule has 23 heavy (non-hydrogen) atoms. The van der Waals surface area contributed by atoms with Crippen LogP contribution >= 0.6 is 11.3 Å². The molecule has 0 amide bonds. The zero-order chi connectivity index (χ0) is 16.4. The van der Waals surface area contributed by atoms with Crippen LogP contribution in [-0.4, -0.2) is 8.42 Å². The monoisotopic (exact) mass is 343 g/mol. The molecule has 0 saturated carbocycles. The van der Waals surface area contributed by atoms with Crippen LogP contribution in [0, 0.1) is 13.8 Å². The lowest BCUT2D eigenvalue weighted by Gasteiger charge is -2.11. The Morgan fingerprint density at radius 1 is 0.913 bits per heavy atom. The highest BCUT2D eigenvalue weighted by Crippen LogP contribution is 2.29. The van der Waals surface area contributed by atoms with Crippen molar-refractivity contribution in [2.75, 3.05) is 4.72 Å². The zero-order valence-electron chi connectivity index (χ0n) is 12.9. The van der Waals surface area contributed by atoms with Crippen molar-refractivity contribution in [2.24, 2.45) is 0 Å². The summed E-state index contributed by atoms with van der Waals surface area (Å²) in [6, 6.07) is 16.6. The molecule has 0 aliphatic carbocycles. The first kappa shape index (κ1) is 15.8. The number of anilines is 1. The van der Waals surface area contributed by atoms with E-state index in [1.165, 1.54) is 0 Å². The summed E-state index contributed by atoms with van der Waals surface area (Å²) >= 11 is 1.63. The van der Waals surface area contributed by atoms with Gasteiger partial charge in [0.1, 0.15) is 0 Å². The Kier molecular flexibility index (Phi) is 4.24. The van der Waals surface area contributed by atoms with Crippen LogP contribution in [0.1, 0.15) is 11.1 Å². The molecule has 2 aromatic carbocycles. The highest BCUT2D eigenvalue weighted by molar-refractivity contribution is 7.92. The maximum atomic E-state index is 12.5. The van der Waals surface area contributed by atoms with Crippen LogP contribution in [0.15, 0.2) is 64.9 Å². The van der Waals surface area contributed by atoms with E-state index in [0.29, 0.717) is 5.69 Å². The summed E-state index contributed by atoms with van der Waals surface area (Å²) in [7, 11) is -3.58. The van der Waals surface area contributed by atoms with E-state index in [-0.39, 0.29) is 4.90 Å². The number of hydrogen-bond acceptors (Lipinski definition) is 3. The molecule has 3 rings (SSSR count). The largest absolute Gasteiger partial charge is 0.280 e. The van der Waals surface area contributed by atoms with E-state index in [1.54, 1.807) is 35.6 Å². The molecule has 0 bridgehead atoms. The average molecular weight is 343 g/mol. The molecule has 1 heterocycles. The van der Waals surface area contributed by atoms with Gasteiger partial charge in [-0.05, 0) is 60.7 Å². The third kappa shape index (κ3) is 3.63. The van der Waals surface area contributed by atoms with Crippen molar-refractivity contribution in [3.8, 4) is 10.4 Å². The fourth-order valence-electron chi connectivity index (χ4n) is 2.36. The summed E-state index contributed by atoms with van der Waals surface area (Å²) in [5.41, 5.74) is 3.63. The summed E-state index contributed by atoms with van der Waals surface area (Å²) in [4.78, 5) is 1.38. The zero-order valence-corrected chi connectivity index (χ0v) is 14.5. The second-order valence-corrected chi connectivity index (χ2v) is 8.11. The molecule has 0 radical (unpaired) electrons. The molecule has 0 unspecified atom stereocenters. The Morgan fingerprint density at radius 3 is 2.30 bits per heavy atom. The topological polar surface area (TPSA) is 46.2 Å². The van der Waals surface area contributed by atoms with Crippen molar-refractivity contribution < 1.29 is 8.42 Å². The molecule has 0 fully saturated rings. The summed E-state index contributed by atoms with van der Waals surface area (Å²) in [5.74, 6) is 0. The standard InChI is InChI=1S/C18H17NO2S2/c1-13-5-7-17(8-6-13)23(20,21)19-16-11-14(2)10-15(12-16)18-4-3-9-22-18/h3-12,19H,1-2H3. The maximum Gasteiger partial charge on any atom is 0.261 e. The number of nitrogens with one attached hydrogen (secondary N) is 1. The Hall–Kier alpha value is -2.11. The van der Waals surface area contributed by atoms with Crippen molar-refractivity contribution in [2.45, 2.75) is 18.7 Å². The lowest BCUT2D eigenvalue weighted by Crippen LogP contribution is -2.13. The molecular weight excluding hydrogens is 326 g/mol. The molecule has 0 aliphatic heterocycles. The Bertz CT molecular complexity index is 912. The van der Waals surface area contributed by atoms with E-state index in [9.17, 15) is 8.42 Å². The first-order valence-electron chi connectivity index (χ1n) is 7.19. The summed E-state index contributed by atoms with van der Waals surface area (Å²) in [6.45, 7) is 3.89. The van der Waals surface area contributed by atoms with Crippen molar-refractivity contribution in [1.82, 2.24) is 0 Å². The lowest BCUT2D eigenvalue weighted by molar-refractivity contribution is 0.601. The van der Waals surface area contributed by atoms with E-state index in [2.05, 4.69) is 10.8 Å². The minimum atomic E-state index is -3.58. The van der Waals surface area contributed by atoms with E-state index in [1.807, 2.05) is 43.5 Å². The van der Waals surface area contributed by atoms with Crippen LogP contribution in [0.3, 0.4) is 0 Å². The van der Waals surface area contributed by atoms with E-state index in [4.69, 9.17) is 0 Å². The third-order valence-corrected chi connectivity index (χ3v) is 5.78. The van der Waals surface area contributed by atoms with Crippen LogP contribution < -0.4 is 4.72 Å². The van der Waals surface area contributed by atoms with Crippen LogP contribution in [0.25, 0.3) is 10.4 Å². The number of thiophene rings is 1. The Morgan fingerprint density at radius 2 is 1.65 bits per heavy atom. The van der Waals surface area contributed by atoms with Gasteiger partial charge in [0.2, 0.25) is 0 Å². The van der Waals surface area contributed by atoms with Gasteiger partial charge in [-0.15, -0.1) is 11.3 Å². The fourth-order valence-corrected chi connectivity index (χ4v) is 4.11. The predicted molar refractivity (Wildman–Crippen MR) is 96.5 cm³/mol. The van der Waals surface area contributed by atoms with Gasteiger partial charge in [0.25, 0.3) is 10.0 Å². The molecule has 3 aromatic rings. The molecular formula is C18H17NO2S2. The van der Waals surface area contributed by atoms with Crippen molar-refractivity contribution in [3.63, 3.8) is 0 Å².